The maximum absolute atomic E-state index is 10.4. The predicted molar refractivity (Wildman–Crippen MR) is 539 cm³/mol. The largest absolute Gasteiger partial charge is 0.311 e. The van der Waals surface area contributed by atoms with Crippen molar-refractivity contribution < 1.29 is 11.0 Å². The lowest BCUT2D eigenvalue weighted by atomic mass is 9.33. The molecule has 0 saturated carbocycles. The van der Waals surface area contributed by atoms with E-state index in [4.69, 9.17) is 0 Å². The van der Waals surface area contributed by atoms with Gasteiger partial charge >= 0.3 is 0 Å². The van der Waals surface area contributed by atoms with Crippen LogP contribution in [0.2, 0.25) is 0 Å². The topological polar surface area (TPSA) is 16.3 Å². The van der Waals surface area contributed by atoms with Gasteiger partial charge in [0.05, 0.1) is 55.5 Å². The molecule has 0 unspecified atom stereocenters. The van der Waals surface area contributed by atoms with Crippen molar-refractivity contribution in [3.63, 3.8) is 0 Å². The summed E-state index contributed by atoms with van der Waals surface area (Å²) in [6.45, 7) is 41.0. The Kier molecular flexibility index (Phi) is 15.5. The van der Waals surface area contributed by atoms with Gasteiger partial charge in [-0.15, -0.1) is 0 Å². The summed E-state index contributed by atoms with van der Waals surface area (Å²) in [5.41, 5.74) is 31.0. The molecule has 126 heavy (non-hydrogen) atoms. The van der Waals surface area contributed by atoms with Crippen molar-refractivity contribution in [2.75, 3.05) is 9.80 Å². The summed E-state index contributed by atoms with van der Waals surface area (Å²) in [5.74, 6) is 0. The number of rotatable bonds is 8. The van der Waals surface area contributed by atoms with E-state index in [1.807, 2.05) is 18.2 Å². The van der Waals surface area contributed by atoms with Gasteiger partial charge in [-0.25, -0.2) is 0 Å². The number of hydrogen-bond acceptors (Lipinski definition) is 2. The first-order valence-corrected chi connectivity index (χ1v) is 44.8. The van der Waals surface area contributed by atoms with Gasteiger partial charge in [-0.05, 0) is 258 Å². The van der Waals surface area contributed by atoms with Gasteiger partial charge in [0.2, 0.25) is 0 Å². The second-order valence-corrected chi connectivity index (χ2v) is 41.9. The molecule has 22 rings (SSSR count). The lowest BCUT2D eigenvalue weighted by Crippen LogP contribution is -2.61. The zero-order chi connectivity index (χ0) is 93.9. The van der Waals surface area contributed by atoms with Crippen LogP contribution >= 0.6 is 0 Å². The second kappa shape index (κ2) is 27.9. The maximum atomic E-state index is 10.4. The Balaban J connectivity index is 0.944. The lowest BCUT2D eigenvalue weighted by molar-refractivity contribution is 0.590. The van der Waals surface area contributed by atoms with E-state index in [1.165, 1.54) is 54.9 Å². The van der Waals surface area contributed by atoms with Crippen LogP contribution in [0.3, 0.4) is 0 Å². The molecular weight excluding hydrogens is 1520 g/mol. The minimum atomic E-state index is -1.71. The van der Waals surface area contributed by atoms with E-state index in [0.717, 1.165) is 140 Å². The molecule has 2 aliphatic heterocycles. The van der Waals surface area contributed by atoms with Gasteiger partial charge in [0.25, 0.3) is 6.71 Å². The average Bonchev–Trinajstić information content (AvgIpc) is 1.48. The molecule has 0 fully saturated rings. The Morgan fingerprint density at radius 1 is 0.254 bits per heavy atom. The van der Waals surface area contributed by atoms with E-state index in [2.05, 4.69) is 410 Å². The highest BCUT2D eigenvalue weighted by Gasteiger charge is 2.54. The highest BCUT2D eigenvalue weighted by atomic mass is 15.2. The predicted octanol–water partition coefficient (Wildman–Crippen LogP) is 30.8. The van der Waals surface area contributed by atoms with Gasteiger partial charge in [0, 0.05) is 66.7 Å². The molecule has 0 bridgehead atoms. The summed E-state index contributed by atoms with van der Waals surface area (Å²) < 4.78 is 84.0. The van der Waals surface area contributed by atoms with Gasteiger partial charge in [0.1, 0.15) is 0 Å². The molecule has 0 amide bonds. The maximum Gasteiger partial charge on any atom is 0.252 e. The normalized spacial score (nSPS) is 14.9. The van der Waals surface area contributed by atoms with Crippen LogP contribution < -0.4 is 26.2 Å². The lowest BCUT2D eigenvalue weighted by Gasteiger charge is -2.46. The summed E-state index contributed by atoms with van der Waals surface area (Å²) >= 11 is 0. The Hall–Kier alpha value is -13.2. The van der Waals surface area contributed by atoms with E-state index in [-0.39, 0.29) is 78.9 Å². The second-order valence-electron chi connectivity index (χ2n) is 41.9. The van der Waals surface area contributed by atoms with Crippen molar-refractivity contribution in [1.29, 1.82) is 0 Å². The smallest absolute Gasteiger partial charge is 0.252 e. The fourth-order valence-electron chi connectivity index (χ4n) is 21.2. The molecule has 2 aliphatic carbocycles. The van der Waals surface area contributed by atoms with E-state index in [9.17, 15) is 11.0 Å². The molecule has 2 aromatic heterocycles. The molecule has 4 nitrogen and oxygen atoms in total. The van der Waals surface area contributed by atoms with Crippen molar-refractivity contribution in [2.45, 2.75) is 163 Å². The van der Waals surface area contributed by atoms with Crippen LogP contribution in [-0.4, -0.2) is 15.8 Å². The molecule has 4 aliphatic rings. The highest BCUT2D eigenvalue weighted by molar-refractivity contribution is 7.00. The fraction of sp³-hybridized carbons (Fsp3) is 0.207. The van der Waals surface area contributed by atoms with E-state index in [1.54, 1.807) is 0 Å². The quantitative estimate of drug-likeness (QED) is 0.141. The molecule has 0 N–H and O–H groups in total. The van der Waals surface area contributed by atoms with Crippen molar-refractivity contribution in [3.8, 4) is 78.1 Å². The van der Waals surface area contributed by atoms with Crippen molar-refractivity contribution >= 4 is 101 Å². The molecule has 18 aromatic rings. The average molecular weight is 1640 g/mol. The molecule has 5 heteroatoms. The monoisotopic (exact) mass is 1640 g/mol. The molecule has 4 heterocycles. The third kappa shape index (κ3) is 12.1. The molecule has 16 aromatic carbocycles. The zero-order valence-electron chi connectivity index (χ0n) is 83.5. The van der Waals surface area contributed by atoms with Crippen molar-refractivity contribution in [3.05, 3.63) is 389 Å². The molecule has 0 radical (unpaired) electrons. The third-order valence-electron chi connectivity index (χ3n) is 27.9. The minimum absolute atomic E-state index is 0.0719. The standard InChI is InChI=1S/C121H109BN4/c1-115(2,3)78-50-58-103(91(64-78)74-35-22-19-23-36-74)125-109-71-84(123-104-59-51-79(116(4,5)6)65-94(104)95-66-80(117(7,8)9)52-60-105(95)123)55-56-101(109)122-102-63-77(86-44-34-45-90-89-43-30-33-48-100(89)121(112(86)90)98-46-31-28-41-87(98)88-42-29-32-47-99(88)121)49-57-108(102)126(114-92(75-37-24-20-25-38-75)69-83(120(16,17)18)70-93(114)76-39-26-21-27-40-76)111-73-85(72-110(125)113(111)122)124-106-61-53-81(118(10,11)12)67-96(106)97-68-82(119(13,14)15)54-62-107(97)124/h19-73H,1-18H3/i28D,29D,31D,32D,41D,42D,46D,47D. The SMILES string of the molecule is [2H]c1c([2H])c([2H])c2c(c1[2H])-c1c([2H])c([2H])c([2H])c([2H])c1C21c2ccccc2-c2cccc(-c3ccc4c(c3)B3c5ccc(-n6c7ccc(C(C)(C)C)cc7c7cc(C(C)(C)C)ccc76)cc5N(c5ccc(C(C)(C)C)cc5-c5ccccc5)c5cc(-n6c7ccc(C(C)(C)C)cc7c7cc(C(C)(C)C)ccc76)cc(c53)N4c3c(-c4ccccc4)cc(C(C)(C)C)cc3-c3ccccc3)c21. The number of nitrogens with zero attached hydrogens (tertiary/aromatic N) is 4. The Morgan fingerprint density at radius 3 is 1.14 bits per heavy atom. The van der Waals surface area contributed by atoms with Gasteiger partial charge < -0.3 is 18.9 Å². The Morgan fingerprint density at radius 2 is 0.651 bits per heavy atom. The Bertz CT molecular complexity index is 7820. The van der Waals surface area contributed by atoms with Crippen molar-refractivity contribution in [2.24, 2.45) is 0 Å². The first-order chi connectivity index (χ1) is 63.6. The first kappa shape index (κ1) is 70.1. The van der Waals surface area contributed by atoms with Crippen LogP contribution in [0.15, 0.2) is 333 Å². The van der Waals surface area contributed by atoms with Gasteiger partial charge in [-0.1, -0.05) is 355 Å². The molecule has 0 saturated heterocycles. The van der Waals surface area contributed by atoms with Crippen LogP contribution in [0.1, 0.15) is 191 Å². The van der Waals surface area contributed by atoms with Gasteiger partial charge in [0.15, 0.2) is 0 Å². The third-order valence-corrected chi connectivity index (χ3v) is 27.9. The van der Waals surface area contributed by atoms with Crippen LogP contribution in [0.5, 0.6) is 0 Å². The highest BCUT2D eigenvalue weighted by Crippen LogP contribution is 2.65. The van der Waals surface area contributed by atoms with Crippen molar-refractivity contribution in [1.82, 2.24) is 9.13 Å². The number of anilines is 6. The molecule has 0 atom stereocenters. The summed E-state index contributed by atoms with van der Waals surface area (Å²) in [5, 5.41) is 4.71. The summed E-state index contributed by atoms with van der Waals surface area (Å²) in [7, 11) is 0. The van der Waals surface area contributed by atoms with E-state index >= 15 is 0 Å². The van der Waals surface area contributed by atoms with Gasteiger partial charge in [-0.2, -0.15) is 0 Å². The zero-order valence-corrected chi connectivity index (χ0v) is 75.5. The van der Waals surface area contributed by atoms with E-state index in [0.29, 0.717) is 11.1 Å². The summed E-state index contributed by atoms with van der Waals surface area (Å²) in [4.78, 5) is 5.25. The van der Waals surface area contributed by atoms with Crippen LogP contribution in [0.4, 0.5) is 34.1 Å². The number of benzene rings is 16. The van der Waals surface area contributed by atoms with Crippen LogP contribution in [0, 0.1) is 0 Å². The first-order valence-electron chi connectivity index (χ1n) is 48.8. The van der Waals surface area contributed by atoms with Gasteiger partial charge in [-0.3, -0.25) is 0 Å². The number of fused-ring (bicyclic) bond motifs is 20. The minimum Gasteiger partial charge on any atom is -0.311 e. The Labute approximate surface area is 755 Å². The summed E-state index contributed by atoms with van der Waals surface area (Å²) in [6.07, 6.45) is 0. The number of aromatic nitrogens is 2. The number of hydrogen-bond donors (Lipinski definition) is 0. The van der Waals surface area contributed by atoms with Crippen LogP contribution in [0.25, 0.3) is 122 Å². The molecule has 616 valence electrons. The summed E-state index contributed by atoms with van der Waals surface area (Å²) in [6, 6.07) is 104. The van der Waals surface area contributed by atoms with E-state index < -0.39 is 36.3 Å². The van der Waals surface area contributed by atoms with Crippen LogP contribution in [-0.2, 0) is 37.9 Å². The fourth-order valence-corrected chi connectivity index (χ4v) is 21.2. The molecular formula is C121H109BN4. The molecule has 1 spiro atoms.